The van der Waals surface area contributed by atoms with Crippen molar-refractivity contribution < 1.29 is 22.7 Å². The number of esters is 1. The molecule has 6 nitrogen and oxygen atoms in total. The SMILES string of the molecule is O=C(COC(=O)C1CCN(S(=O)(=O)c2ccccc2)CC1)c1ccc2c(c1)CCCC2. The summed E-state index contributed by atoms with van der Waals surface area (Å²) in [4.78, 5) is 25.2. The molecule has 2 aliphatic rings. The smallest absolute Gasteiger partial charge is 0.309 e. The maximum Gasteiger partial charge on any atom is 0.309 e. The number of benzene rings is 2. The molecule has 1 aliphatic carbocycles. The molecule has 164 valence electrons. The highest BCUT2D eigenvalue weighted by molar-refractivity contribution is 7.89. The van der Waals surface area contributed by atoms with Crippen LogP contribution >= 0.6 is 0 Å². The number of aryl methyl sites for hydroxylation is 2. The topological polar surface area (TPSA) is 80.8 Å². The predicted molar refractivity (Wildman–Crippen MR) is 116 cm³/mol. The zero-order valence-electron chi connectivity index (χ0n) is 17.5. The van der Waals surface area contributed by atoms with Gasteiger partial charge >= 0.3 is 5.97 Å². The molecule has 2 aromatic rings. The van der Waals surface area contributed by atoms with Gasteiger partial charge in [0.05, 0.1) is 10.8 Å². The first-order valence-electron chi connectivity index (χ1n) is 10.8. The number of fused-ring (bicyclic) bond motifs is 1. The van der Waals surface area contributed by atoms with Crippen LogP contribution in [0.4, 0.5) is 0 Å². The molecule has 0 N–H and O–H groups in total. The summed E-state index contributed by atoms with van der Waals surface area (Å²) in [5, 5.41) is 0. The number of nitrogens with zero attached hydrogens (tertiary/aromatic N) is 1. The van der Waals surface area contributed by atoms with E-state index in [1.807, 2.05) is 18.2 Å². The van der Waals surface area contributed by atoms with E-state index in [9.17, 15) is 18.0 Å². The van der Waals surface area contributed by atoms with E-state index >= 15 is 0 Å². The summed E-state index contributed by atoms with van der Waals surface area (Å²) in [6.45, 7) is 0.242. The third kappa shape index (κ3) is 4.88. The van der Waals surface area contributed by atoms with Gasteiger partial charge in [0.1, 0.15) is 0 Å². The van der Waals surface area contributed by atoms with Gasteiger partial charge in [-0.3, -0.25) is 9.59 Å². The lowest BCUT2D eigenvalue weighted by atomic mass is 9.90. The summed E-state index contributed by atoms with van der Waals surface area (Å²) < 4.78 is 32.1. The van der Waals surface area contributed by atoms with Gasteiger partial charge in [-0.2, -0.15) is 4.31 Å². The van der Waals surface area contributed by atoms with Crippen molar-refractivity contribution in [2.24, 2.45) is 5.92 Å². The lowest BCUT2D eigenvalue weighted by molar-refractivity contribution is -0.148. The summed E-state index contributed by atoms with van der Waals surface area (Å²) in [6.07, 6.45) is 5.13. The Morgan fingerprint density at radius 2 is 1.61 bits per heavy atom. The lowest BCUT2D eigenvalue weighted by Crippen LogP contribution is -2.40. The van der Waals surface area contributed by atoms with Crippen LogP contribution in [0.1, 0.15) is 47.2 Å². The first kappa shape index (κ1) is 21.7. The van der Waals surface area contributed by atoms with Gasteiger partial charge in [0, 0.05) is 18.7 Å². The molecule has 0 unspecified atom stereocenters. The Hall–Kier alpha value is -2.51. The largest absolute Gasteiger partial charge is 0.457 e. The predicted octanol–water partition coefficient (Wildman–Crippen LogP) is 3.39. The summed E-state index contributed by atoms with van der Waals surface area (Å²) in [5.74, 6) is -1.02. The van der Waals surface area contributed by atoms with Crippen LogP contribution in [0, 0.1) is 5.92 Å². The molecular weight excluding hydrogens is 414 g/mol. The molecule has 0 bridgehead atoms. The minimum absolute atomic E-state index is 0.203. The molecule has 0 amide bonds. The number of piperidine rings is 1. The fourth-order valence-electron chi connectivity index (χ4n) is 4.32. The van der Waals surface area contributed by atoms with Crippen molar-refractivity contribution in [1.82, 2.24) is 4.31 Å². The number of carbonyl (C=O) groups is 2. The molecule has 0 saturated carbocycles. The molecule has 0 radical (unpaired) electrons. The Kier molecular flexibility index (Phi) is 6.53. The Balaban J connectivity index is 1.29. The standard InChI is InChI=1S/C24H27NO5S/c26-23(21-11-10-18-6-4-5-7-20(18)16-21)17-30-24(27)19-12-14-25(15-13-19)31(28,29)22-8-2-1-3-9-22/h1-3,8-11,16,19H,4-7,12-15,17H2. The van der Waals surface area contributed by atoms with Crippen molar-refractivity contribution in [2.75, 3.05) is 19.7 Å². The van der Waals surface area contributed by atoms with Crippen LogP contribution in [-0.4, -0.2) is 44.2 Å². The molecule has 0 spiro atoms. The summed E-state index contributed by atoms with van der Waals surface area (Å²) in [5.41, 5.74) is 3.10. The monoisotopic (exact) mass is 441 g/mol. The molecule has 1 saturated heterocycles. The maximum absolute atomic E-state index is 12.7. The molecule has 1 fully saturated rings. The van der Waals surface area contributed by atoms with Crippen molar-refractivity contribution in [3.63, 3.8) is 0 Å². The number of ketones is 1. The average molecular weight is 442 g/mol. The second-order valence-corrected chi connectivity index (χ2v) is 10.2. The normalized spacial score (nSPS) is 17.7. The van der Waals surface area contributed by atoms with Crippen molar-refractivity contribution in [2.45, 2.75) is 43.4 Å². The van der Waals surface area contributed by atoms with Gasteiger partial charge < -0.3 is 4.74 Å². The first-order chi connectivity index (χ1) is 14.9. The van der Waals surface area contributed by atoms with Crippen molar-refractivity contribution in [3.8, 4) is 0 Å². The van der Waals surface area contributed by atoms with Crippen LogP contribution < -0.4 is 0 Å². The molecule has 1 heterocycles. The van der Waals surface area contributed by atoms with Gasteiger partial charge in [0.25, 0.3) is 0 Å². The van der Waals surface area contributed by atoms with Gasteiger partial charge in [0.2, 0.25) is 10.0 Å². The number of carbonyl (C=O) groups excluding carboxylic acids is 2. The molecule has 7 heteroatoms. The highest BCUT2D eigenvalue weighted by Crippen LogP contribution is 2.25. The van der Waals surface area contributed by atoms with Crippen molar-refractivity contribution in [1.29, 1.82) is 0 Å². The zero-order valence-corrected chi connectivity index (χ0v) is 18.3. The lowest BCUT2D eigenvalue weighted by Gasteiger charge is -2.30. The maximum atomic E-state index is 12.7. The van der Waals surface area contributed by atoms with Crippen LogP contribution in [0.5, 0.6) is 0 Å². The Morgan fingerprint density at radius 1 is 0.935 bits per heavy atom. The summed E-state index contributed by atoms with van der Waals surface area (Å²) >= 11 is 0. The van der Waals surface area contributed by atoms with Crippen LogP contribution in [0.15, 0.2) is 53.4 Å². The summed E-state index contributed by atoms with van der Waals surface area (Å²) in [7, 11) is -3.55. The first-order valence-corrected chi connectivity index (χ1v) is 12.3. The number of sulfonamides is 1. The molecule has 4 rings (SSSR count). The van der Waals surface area contributed by atoms with Crippen LogP contribution in [0.2, 0.25) is 0 Å². The van der Waals surface area contributed by atoms with E-state index in [1.165, 1.54) is 21.9 Å². The highest BCUT2D eigenvalue weighted by Gasteiger charge is 2.33. The van der Waals surface area contributed by atoms with Gasteiger partial charge in [-0.05, 0) is 67.9 Å². The molecule has 0 atom stereocenters. The number of hydrogen-bond acceptors (Lipinski definition) is 5. The molecule has 2 aromatic carbocycles. The Labute approximate surface area is 183 Å². The van der Waals surface area contributed by atoms with Crippen LogP contribution in [0.3, 0.4) is 0 Å². The highest BCUT2D eigenvalue weighted by atomic mass is 32.2. The number of hydrogen-bond donors (Lipinski definition) is 0. The van der Waals surface area contributed by atoms with E-state index < -0.39 is 21.9 Å². The van der Waals surface area contributed by atoms with Gasteiger partial charge in [-0.25, -0.2) is 8.42 Å². The van der Waals surface area contributed by atoms with E-state index in [0.29, 0.717) is 18.4 Å². The van der Waals surface area contributed by atoms with Gasteiger partial charge in [-0.1, -0.05) is 30.3 Å². The van der Waals surface area contributed by atoms with Crippen molar-refractivity contribution >= 4 is 21.8 Å². The van der Waals surface area contributed by atoms with E-state index in [-0.39, 0.29) is 30.4 Å². The fourth-order valence-corrected chi connectivity index (χ4v) is 5.81. The third-order valence-corrected chi connectivity index (χ3v) is 8.10. The van der Waals surface area contributed by atoms with Gasteiger partial charge in [-0.15, -0.1) is 0 Å². The number of ether oxygens (including phenoxy) is 1. The van der Waals surface area contributed by atoms with Crippen molar-refractivity contribution in [3.05, 3.63) is 65.2 Å². The number of rotatable bonds is 6. The van der Waals surface area contributed by atoms with Crippen LogP contribution in [0.25, 0.3) is 0 Å². The molecular formula is C24H27NO5S. The van der Waals surface area contributed by atoms with E-state index in [4.69, 9.17) is 4.74 Å². The fraction of sp³-hybridized carbons (Fsp3) is 0.417. The second-order valence-electron chi connectivity index (χ2n) is 8.21. The molecule has 1 aliphatic heterocycles. The third-order valence-electron chi connectivity index (χ3n) is 6.18. The Morgan fingerprint density at radius 3 is 2.32 bits per heavy atom. The second kappa shape index (κ2) is 9.32. The average Bonchev–Trinajstić information content (AvgIpc) is 2.82. The minimum atomic E-state index is -3.55. The minimum Gasteiger partial charge on any atom is -0.457 e. The van der Waals surface area contributed by atoms with E-state index in [1.54, 1.807) is 30.3 Å². The zero-order chi connectivity index (χ0) is 21.8. The van der Waals surface area contributed by atoms with Gasteiger partial charge in [0.15, 0.2) is 12.4 Å². The quantitative estimate of drug-likeness (QED) is 0.507. The van der Waals surface area contributed by atoms with Crippen LogP contribution in [-0.2, 0) is 32.4 Å². The van der Waals surface area contributed by atoms with E-state index in [2.05, 4.69) is 0 Å². The molecule has 31 heavy (non-hydrogen) atoms. The summed E-state index contributed by atoms with van der Waals surface area (Å²) in [6, 6.07) is 14.0. The molecule has 0 aromatic heterocycles. The van der Waals surface area contributed by atoms with E-state index in [0.717, 1.165) is 19.3 Å². The number of Topliss-reactive ketones (excluding diaryl/α,β-unsaturated/α-hetero) is 1. The Bertz CT molecular complexity index is 1060.